The number of carbonyl (C=O) groups excluding carboxylic acids is 2. The average Bonchev–Trinajstić information content (AvgIpc) is 2.42. The van der Waals surface area contributed by atoms with Crippen LogP contribution in [0, 0.1) is 0 Å². The highest BCUT2D eigenvalue weighted by Gasteiger charge is 2.34. The summed E-state index contributed by atoms with van der Waals surface area (Å²) in [7, 11) is 1.69. The van der Waals surface area contributed by atoms with Crippen molar-refractivity contribution < 1.29 is 19.1 Å². The molecule has 2 N–H and O–H groups in total. The zero-order valence-electron chi connectivity index (χ0n) is 15.8. The molecule has 9 heteroatoms. The Bertz CT molecular complexity index is 460. The number of esters is 1. The number of halogens is 1. The number of hydrogen-bond acceptors (Lipinski definition) is 5. The van der Waals surface area contributed by atoms with Gasteiger partial charge in [0, 0.05) is 33.1 Å². The number of nitrogens with one attached hydrogen (secondary N) is 2. The molecule has 0 radical (unpaired) electrons. The van der Waals surface area contributed by atoms with Crippen molar-refractivity contribution in [1.82, 2.24) is 15.5 Å². The van der Waals surface area contributed by atoms with Gasteiger partial charge in [0.2, 0.25) is 0 Å². The lowest BCUT2D eigenvalue weighted by molar-refractivity contribution is -0.143. The largest absolute Gasteiger partial charge is 0.466 e. The van der Waals surface area contributed by atoms with Gasteiger partial charge in [-0.2, -0.15) is 0 Å². The minimum Gasteiger partial charge on any atom is -0.466 e. The van der Waals surface area contributed by atoms with Gasteiger partial charge < -0.3 is 25.0 Å². The fourth-order valence-corrected chi connectivity index (χ4v) is 2.11. The third-order valence-corrected chi connectivity index (χ3v) is 3.25. The van der Waals surface area contributed by atoms with Crippen molar-refractivity contribution in [2.75, 3.05) is 33.3 Å². The smallest absolute Gasteiger partial charge is 0.410 e. The summed E-state index contributed by atoms with van der Waals surface area (Å²) in [6.45, 7) is 9.54. The highest BCUT2D eigenvalue weighted by Crippen LogP contribution is 2.15. The number of hydrogen-bond donors (Lipinski definition) is 2. The topological polar surface area (TPSA) is 92.3 Å². The van der Waals surface area contributed by atoms with Gasteiger partial charge in [-0.15, -0.1) is 24.0 Å². The van der Waals surface area contributed by atoms with Crippen LogP contribution >= 0.6 is 24.0 Å². The van der Waals surface area contributed by atoms with Gasteiger partial charge in [-0.1, -0.05) is 0 Å². The lowest BCUT2D eigenvalue weighted by Crippen LogP contribution is -2.63. The molecular weight excluding hydrogens is 439 g/mol. The van der Waals surface area contributed by atoms with Gasteiger partial charge in [0.25, 0.3) is 0 Å². The van der Waals surface area contributed by atoms with Crippen molar-refractivity contribution in [3.05, 3.63) is 0 Å². The van der Waals surface area contributed by atoms with Gasteiger partial charge in [0.15, 0.2) is 5.96 Å². The number of nitrogens with zero attached hydrogens (tertiary/aromatic N) is 2. The van der Waals surface area contributed by atoms with Crippen LogP contribution < -0.4 is 10.6 Å². The summed E-state index contributed by atoms with van der Waals surface area (Å²) >= 11 is 0. The first kappa shape index (κ1) is 23.7. The van der Waals surface area contributed by atoms with Crippen LogP contribution in [0.25, 0.3) is 0 Å². The summed E-state index contributed by atoms with van der Waals surface area (Å²) in [5, 5.41) is 6.38. The van der Waals surface area contributed by atoms with Crippen LogP contribution in [0.15, 0.2) is 4.99 Å². The molecule has 0 aromatic rings. The van der Waals surface area contributed by atoms with E-state index in [-0.39, 0.29) is 42.1 Å². The van der Waals surface area contributed by atoms with Gasteiger partial charge >= 0.3 is 12.1 Å². The van der Waals surface area contributed by atoms with Crippen molar-refractivity contribution in [2.45, 2.75) is 52.2 Å². The maximum absolute atomic E-state index is 11.9. The van der Waals surface area contributed by atoms with E-state index in [9.17, 15) is 9.59 Å². The minimum atomic E-state index is -0.480. The number of guanidine groups is 1. The normalized spacial score (nSPS) is 14.9. The Morgan fingerprint density at radius 1 is 1.28 bits per heavy atom. The van der Waals surface area contributed by atoms with Gasteiger partial charge in [-0.25, -0.2) is 4.79 Å². The van der Waals surface area contributed by atoms with Crippen LogP contribution in [-0.4, -0.2) is 67.9 Å². The van der Waals surface area contributed by atoms with Crippen molar-refractivity contribution in [2.24, 2.45) is 4.99 Å². The van der Waals surface area contributed by atoms with E-state index in [0.29, 0.717) is 45.0 Å². The lowest BCUT2D eigenvalue weighted by Gasteiger charge is -2.40. The maximum Gasteiger partial charge on any atom is 0.410 e. The molecule has 0 atom stereocenters. The van der Waals surface area contributed by atoms with Gasteiger partial charge in [-0.05, 0) is 34.1 Å². The zero-order valence-corrected chi connectivity index (χ0v) is 18.1. The number of carbonyl (C=O) groups is 2. The lowest BCUT2D eigenvalue weighted by atomic mass is 10.1. The second-order valence-electron chi connectivity index (χ2n) is 6.63. The first-order valence-electron chi connectivity index (χ1n) is 8.36. The van der Waals surface area contributed by atoms with E-state index in [1.165, 1.54) is 0 Å². The molecule has 146 valence electrons. The standard InChI is InChI=1S/C16H30N4O4.HI/c1-6-23-13(21)8-7-9-18-14(17-5)19-12-10-20(11-12)15(22)24-16(2,3)4;/h12H,6-11H2,1-5H3,(H2,17,18,19);1H. The Morgan fingerprint density at radius 2 is 1.92 bits per heavy atom. The van der Waals surface area contributed by atoms with E-state index in [4.69, 9.17) is 9.47 Å². The Morgan fingerprint density at radius 3 is 2.44 bits per heavy atom. The Hall–Kier alpha value is -1.26. The molecule has 1 heterocycles. The van der Waals surface area contributed by atoms with E-state index >= 15 is 0 Å². The molecule has 0 bridgehead atoms. The Labute approximate surface area is 167 Å². The van der Waals surface area contributed by atoms with Crippen LogP contribution in [-0.2, 0) is 14.3 Å². The predicted molar refractivity (Wildman–Crippen MR) is 107 cm³/mol. The fourth-order valence-electron chi connectivity index (χ4n) is 2.11. The third kappa shape index (κ3) is 9.71. The molecule has 1 amide bonds. The molecule has 0 unspecified atom stereocenters. The van der Waals surface area contributed by atoms with Gasteiger partial charge in [0.05, 0.1) is 12.6 Å². The predicted octanol–water partition coefficient (Wildman–Crippen LogP) is 1.73. The highest BCUT2D eigenvalue weighted by molar-refractivity contribution is 14.0. The van der Waals surface area contributed by atoms with Crippen LogP contribution in [0.3, 0.4) is 0 Å². The molecule has 0 aliphatic carbocycles. The second-order valence-corrected chi connectivity index (χ2v) is 6.63. The third-order valence-electron chi connectivity index (χ3n) is 3.25. The van der Waals surface area contributed by atoms with Crippen LogP contribution in [0.1, 0.15) is 40.5 Å². The molecule has 0 aromatic heterocycles. The molecule has 1 saturated heterocycles. The van der Waals surface area contributed by atoms with Crippen LogP contribution in [0.2, 0.25) is 0 Å². The first-order valence-corrected chi connectivity index (χ1v) is 8.36. The molecule has 1 rings (SSSR count). The molecule has 1 aliphatic rings. The molecule has 0 aromatic carbocycles. The monoisotopic (exact) mass is 470 g/mol. The summed E-state index contributed by atoms with van der Waals surface area (Å²) in [4.78, 5) is 28.9. The summed E-state index contributed by atoms with van der Waals surface area (Å²) in [6.07, 6.45) is 0.764. The van der Waals surface area contributed by atoms with Crippen LogP contribution in [0.5, 0.6) is 0 Å². The molecule has 1 fully saturated rings. The summed E-state index contributed by atoms with van der Waals surface area (Å²) in [5.74, 6) is 0.474. The van der Waals surface area contributed by atoms with E-state index in [2.05, 4.69) is 15.6 Å². The van der Waals surface area contributed by atoms with Crippen molar-refractivity contribution in [3.8, 4) is 0 Å². The molecule has 1 aliphatic heterocycles. The number of likely N-dealkylation sites (tertiary alicyclic amines) is 1. The maximum atomic E-state index is 11.9. The minimum absolute atomic E-state index is 0. The molecule has 8 nitrogen and oxygen atoms in total. The highest BCUT2D eigenvalue weighted by atomic mass is 127. The SMILES string of the molecule is CCOC(=O)CCCNC(=NC)NC1CN(C(=O)OC(C)(C)C)C1.I. The Balaban J connectivity index is 0.00000576. The summed E-state index contributed by atoms with van der Waals surface area (Å²) < 4.78 is 10.2. The van der Waals surface area contributed by atoms with Crippen molar-refractivity contribution in [3.63, 3.8) is 0 Å². The number of rotatable bonds is 6. The number of aliphatic imine (C=N–C) groups is 1. The molecule has 0 spiro atoms. The summed E-state index contributed by atoms with van der Waals surface area (Å²) in [5.41, 5.74) is -0.480. The molecule has 25 heavy (non-hydrogen) atoms. The Kier molecular flexibility index (Phi) is 10.8. The van der Waals surface area contributed by atoms with Crippen molar-refractivity contribution in [1.29, 1.82) is 0 Å². The first-order chi connectivity index (χ1) is 11.2. The average molecular weight is 470 g/mol. The van der Waals surface area contributed by atoms with Gasteiger partial charge in [0.1, 0.15) is 5.60 Å². The zero-order chi connectivity index (χ0) is 18.2. The molecule has 0 saturated carbocycles. The quantitative estimate of drug-likeness (QED) is 0.202. The number of amides is 1. The molecular formula is C16H31IN4O4. The van der Waals surface area contributed by atoms with Gasteiger partial charge in [-0.3, -0.25) is 9.79 Å². The summed E-state index contributed by atoms with van der Waals surface area (Å²) in [6, 6.07) is 0.147. The van der Waals surface area contributed by atoms with Crippen molar-refractivity contribution >= 4 is 42.0 Å². The fraction of sp³-hybridized carbons (Fsp3) is 0.812. The second kappa shape index (κ2) is 11.4. The van der Waals surface area contributed by atoms with E-state index in [1.54, 1.807) is 18.9 Å². The van der Waals surface area contributed by atoms with Crippen LogP contribution in [0.4, 0.5) is 4.79 Å². The van der Waals surface area contributed by atoms with E-state index in [0.717, 1.165) is 0 Å². The van der Waals surface area contributed by atoms with E-state index in [1.807, 2.05) is 20.8 Å². The number of ether oxygens (including phenoxy) is 2. The van der Waals surface area contributed by atoms with E-state index < -0.39 is 5.60 Å².